The second-order valence-electron chi connectivity index (χ2n) is 10.1. The second-order valence-corrected chi connectivity index (χ2v) is 11.2. The van der Waals surface area contributed by atoms with Crippen molar-refractivity contribution in [2.45, 2.75) is 59.3 Å². The van der Waals surface area contributed by atoms with E-state index in [0.29, 0.717) is 22.2 Å². The van der Waals surface area contributed by atoms with Crippen molar-refractivity contribution in [1.82, 2.24) is 0 Å². The Morgan fingerprint density at radius 1 is 1.27 bits per heavy atom. The number of amides is 1. The molecule has 2 aromatic rings. The molecule has 1 aliphatic heterocycles. The molecule has 1 saturated heterocycles. The van der Waals surface area contributed by atoms with Crippen LogP contribution in [-0.2, 0) is 12.8 Å². The Bertz CT molecular complexity index is 1120. The van der Waals surface area contributed by atoms with E-state index < -0.39 is 10.8 Å². The Morgan fingerprint density at radius 3 is 2.64 bits per heavy atom. The van der Waals surface area contributed by atoms with Crippen LogP contribution >= 0.6 is 11.3 Å². The summed E-state index contributed by atoms with van der Waals surface area (Å²) >= 11 is 1.47. The zero-order chi connectivity index (χ0) is 23.8. The summed E-state index contributed by atoms with van der Waals surface area (Å²) in [5.74, 6) is 0.106. The minimum absolute atomic E-state index is 0.0523. The van der Waals surface area contributed by atoms with Gasteiger partial charge in [0.2, 0.25) is 0 Å². The minimum atomic E-state index is -0.425. The smallest absolute Gasteiger partial charge is 0.293 e. The number of nitrogens with zero attached hydrogens (tertiary/aromatic N) is 3. The van der Waals surface area contributed by atoms with Crippen molar-refractivity contribution in [3.63, 3.8) is 0 Å². The molecule has 1 aliphatic carbocycles. The lowest BCUT2D eigenvalue weighted by molar-refractivity contribution is -0.384. The van der Waals surface area contributed by atoms with Gasteiger partial charge in [-0.05, 0) is 67.6 Å². The molecular weight excluding hydrogens is 436 g/mol. The Labute approximate surface area is 198 Å². The summed E-state index contributed by atoms with van der Waals surface area (Å²) in [4.78, 5) is 27.6. The van der Waals surface area contributed by atoms with Crippen LogP contribution in [0.15, 0.2) is 18.2 Å². The standard InChI is InChI=1S/C25H30N4O3S/c1-25(2,3)17-8-9-18-19(15-26)24(33-22(18)14-17)27-23(30)16-7-10-20(21(13-16)29(31)32)28-11-5-4-6-12-28/h7,10,13,17H,4-6,8-9,11-12,14H2,1-3H3,(H,27,30)/t17-/m1/s1. The zero-order valence-electron chi connectivity index (χ0n) is 19.4. The number of rotatable bonds is 4. The molecule has 1 amide bonds. The molecule has 0 bridgehead atoms. The first-order valence-electron chi connectivity index (χ1n) is 11.6. The number of carbonyl (C=O) groups excluding carboxylic acids is 1. The highest BCUT2D eigenvalue weighted by Gasteiger charge is 2.32. The van der Waals surface area contributed by atoms with Gasteiger partial charge in [-0.2, -0.15) is 5.26 Å². The Balaban J connectivity index is 1.59. The number of hydrogen-bond donors (Lipinski definition) is 1. The summed E-state index contributed by atoms with van der Waals surface area (Å²) in [6, 6.07) is 6.95. The molecule has 1 aromatic heterocycles. The molecular formula is C25H30N4O3S. The fourth-order valence-corrected chi connectivity index (χ4v) is 6.19. The van der Waals surface area contributed by atoms with E-state index in [0.717, 1.165) is 57.2 Å². The van der Waals surface area contributed by atoms with Crippen molar-refractivity contribution < 1.29 is 9.72 Å². The van der Waals surface area contributed by atoms with Gasteiger partial charge >= 0.3 is 0 Å². The van der Waals surface area contributed by atoms with E-state index in [2.05, 4.69) is 32.2 Å². The summed E-state index contributed by atoms with van der Waals surface area (Å²) in [7, 11) is 0. The first-order valence-corrected chi connectivity index (χ1v) is 12.4. The van der Waals surface area contributed by atoms with Gasteiger partial charge in [0.25, 0.3) is 11.6 Å². The van der Waals surface area contributed by atoms with Crippen LogP contribution in [0.25, 0.3) is 0 Å². The third kappa shape index (κ3) is 4.74. The van der Waals surface area contributed by atoms with Gasteiger partial charge < -0.3 is 10.2 Å². The molecule has 1 N–H and O–H groups in total. The number of thiophene rings is 1. The maximum Gasteiger partial charge on any atom is 0.293 e. The monoisotopic (exact) mass is 466 g/mol. The molecule has 0 spiro atoms. The average molecular weight is 467 g/mol. The number of anilines is 2. The molecule has 174 valence electrons. The number of benzene rings is 1. The molecule has 1 aromatic carbocycles. The predicted molar refractivity (Wildman–Crippen MR) is 131 cm³/mol. The normalized spacial score (nSPS) is 18.4. The molecule has 1 atom stereocenters. The summed E-state index contributed by atoms with van der Waals surface area (Å²) in [6.45, 7) is 8.29. The molecule has 0 radical (unpaired) electrons. The number of nitrogens with one attached hydrogen (secondary N) is 1. The fraction of sp³-hybridized carbons (Fsp3) is 0.520. The summed E-state index contributed by atoms with van der Waals surface area (Å²) in [6.07, 6.45) is 5.92. The molecule has 33 heavy (non-hydrogen) atoms. The number of nitro groups is 1. The van der Waals surface area contributed by atoms with Gasteiger partial charge in [0.05, 0.1) is 10.5 Å². The lowest BCUT2D eigenvalue weighted by Gasteiger charge is -2.33. The van der Waals surface area contributed by atoms with Crippen LogP contribution in [0.2, 0.25) is 0 Å². The van der Waals surface area contributed by atoms with Crippen molar-refractivity contribution in [3.8, 4) is 6.07 Å². The fourth-order valence-electron chi connectivity index (χ4n) is 4.92. The van der Waals surface area contributed by atoms with Gasteiger partial charge in [-0.25, -0.2) is 0 Å². The molecule has 0 unspecified atom stereocenters. The maximum atomic E-state index is 13.0. The van der Waals surface area contributed by atoms with Crippen LogP contribution in [0.1, 0.15) is 72.8 Å². The molecule has 2 heterocycles. The summed E-state index contributed by atoms with van der Waals surface area (Å²) in [5.41, 5.74) is 2.51. The van der Waals surface area contributed by atoms with E-state index >= 15 is 0 Å². The molecule has 0 saturated carbocycles. The first-order chi connectivity index (χ1) is 15.7. The zero-order valence-corrected chi connectivity index (χ0v) is 20.3. The summed E-state index contributed by atoms with van der Waals surface area (Å²) < 4.78 is 0. The van der Waals surface area contributed by atoms with E-state index in [1.165, 1.54) is 22.3 Å². The largest absolute Gasteiger partial charge is 0.366 e. The number of carbonyl (C=O) groups is 1. The number of nitro benzene ring substituents is 1. The van der Waals surface area contributed by atoms with Gasteiger partial charge in [-0.15, -0.1) is 11.3 Å². The SMILES string of the molecule is CC(C)(C)[C@@H]1CCc2c(sc(NC(=O)c3ccc(N4CCCCC4)c([N+](=O)[O-])c3)c2C#N)C1. The topological polar surface area (TPSA) is 99.3 Å². The van der Waals surface area contributed by atoms with Crippen molar-refractivity contribution in [2.24, 2.45) is 11.3 Å². The molecule has 8 heteroatoms. The van der Waals surface area contributed by atoms with E-state index in [-0.39, 0.29) is 16.7 Å². The average Bonchev–Trinajstić information content (AvgIpc) is 3.14. The molecule has 4 rings (SSSR count). The van der Waals surface area contributed by atoms with Crippen molar-refractivity contribution >= 4 is 33.6 Å². The highest BCUT2D eigenvalue weighted by Crippen LogP contribution is 2.44. The Hall–Kier alpha value is -2.92. The quantitative estimate of drug-likeness (QED) is 0.445. The highest BCUT2D eigenvalue weighted by molar-refractivity contribution is 7.16. The van der Waals surface area contributed by atoms with Gasteiger partial charge in [0.15, 0.2) is 0 Å². The van der Waals surface area contributed by atoms with E-state index in [9.17, 15) is 20.2 Å². The van der Waals surface area contributed by atoms with Crippen molar-refractivity contribution in [1.29, 1.82) is 5.26 Å². The second kappa shape index (κ2) is 9.14. The van der Waals surface area contributed by atoms with Crippen molar-refractivity contribution in [3.05, 3.63) is 49.9 Å². The van der Waals surface area contributed by atoms with Gasteiger partial charge in [-0.1, -0.05) is 20.8 Å². The van der Waals surface area contributed by atoms with Gasteiger partial charge in [0.1, 0.15) is 16.8 Å². The minimum Gasteiger partial charge on any atom is -0.366 e. The van der Waals surface area contributed by atoms with Crippen LogP contribution in [-0.4, -0.2) is 23.9 Å². The van der Waals surface area contributed by atoms with Gasteiger partial charge in [-0.3, -0.25) is 14.9 Å². The predicted octanol–water partition coefficient (Wildman–Crippen LogP) is 5.92. The third-order valence-corrected chi connectivity index (χ3v) is 8.13. The maximum absolute atomic E-state index is 13.0. The van der Waals surface area contributed by atoms with E-state index in [4.69, 9.17) is 0 Å². The van der Waals surface area contributed by atoms with E-state index in [1.54, 1.807) is 12.1 Å². The molecule has 7 nitrogen and oxygen atoms in total. The van der Waals surface area contributed by atoms with Crippen LogP contribution < -0.4 is 10.2 Å². The first kappa shape index (κ1) is 23.2. The molecule has 1 fully saturated rings. The van der Waals surface area contributed by atoms with Crippen LogP contribution in [0, 0.1) is 32.8 Å². The highest BCUT2D eigenvalue weighted by atomic mass is 32.1. The number of fused-ring (bicyclic) bond motifs is 1. The van der Waals surface area contributed by atoms with Crippen LogP contribution in [0.5, 0.6) is 0 Å². The number of hydrogen-bond acceptors (Lipinski definition) is 6. The Morgan fingerprint density at radius 2 is 2.00 bits per heavy atom. The Kier molecular flexibility index (Phi) is 6.44. The number of piperidine rings is 1. The van der Waals surface area contributed by atoms with Crippen LogP contribution in [0.4, 0.5) is 16.4 Å². The van der Waals surface area contributed by atoms with Crippen LogP contribution in [0.3, 0.4) is 0 Å². The third-order valence-electron chi connectivity index (χ3n) is 6.96. The lowest BCUT2D eigenvalue weighted by Crippen LogP contribution is -2.30. The van der Waals surface area contributed by atoms with Crippen molar-refractivity contribution in [2.75, 3.05) is 23.3 Å². The van der Waals surface area contributed by atoms with E-state index in [1.807, 2.05) is 4.90 Å². The molecule has 2 aliphatic rings. The number of nitriles is 1. The van der Waals surface area contributed by atoms with Gasteiger partial charge in [0, 0.05) is 29.6 Å². The lowest BCUT2D eigenvalue weighted by atomic mass is 9.72. The summed E-state index contributed by atoms with van der Waals surface area (Å²) in [5, 5.41) is 24.9.